The van der Waals surface area contributed by atoms with Gasteiger partial charge in [0.15, 0.2) is 0 Å². The number of carbonyl (C=O) groups is 1. The standard InChI is InChI=1S/C17H29N5O2/c1-17(2,3)24-16(23)22-8-6-7-12(11-22)13-9-14(19-5)21-15(20-13)10-18-4/h9,12,18H,6-8,10-11H2,1-5H3,(H,19,20,21)/t12-/m1/s1. The van der Waals surface area contributed by atoms with Crippen molar-refractivity contribution in [3.05, 3.63) is 17.6 Å². The predicted molar refractivity (Wildman–Crippen MR) is 94.1 cm³/mol. The fourth-order valence-electron chi connectivity index (χ4n) is 2.80. The topological polar surface area (TPSA) is 79.4 Å². The van der Waals surface area contributed by atoms with Crippen LogP contribution in [-0.4, -0.2) is 53.7 Å². The minimum Gasteiger partial charge on any atom is -0.444 e. The number of anilines is 1. The maximum absolute atomic E-state index is 12.3. The van der Waals surface area contributed by atoms with Gasteiger partial charge in [0.05, 0.1) is 12.2 Å². The number of amides is 1. The highest BCUT2D eigenvalue weighted by Crippen LogP contribution is 2.28. The van der Waals surface area contributed by atoms with Gasteiger partial charge in [-0.1, -0.05) is 0 Å². The number of nitrogens with zero attached hydrogens (tertiary/aromatic N) is 3. The number of aromatic nitrogens is 2. The molecule has 1 aromatic rings. The van der Waals surface area contributed by atoms with Crippen LogP contribution in [0.5, 0.6) is 0 Å². The Hall–Kier alpha value is -1.89. The van der Waals surface area contributed by atoms with Gasteiger partial charge in [-0.05, 0) is 40.7 Å². The molecule has 0 radical (unpaired) electrons. The summed E-state index contributed by atoms with van der Waals surface area (Å²) in [6, 6.07) is 1.97. The van der Waals surface area contributed by atoms with Crippen LogP contribution in [0.25, 0.3) is 0 Å². The molecule has 24 heavy (non-hydrogen) atoms. The molecule has 1 aromatic heterocycles. The number of rotatable bonds is 4. The fourth-order valence-corrected chi connectivity index (χ4v) is 2.80. The molecule has 2 N–H and O–H groups in total. The molecular weight excluding hydrogens is 306 g/mol. The van der Waals surface area contributed by atoms with Crippen LogP contribution in [0.1, 0.15) is 51.0 Å². The zero-order valence-electron chi connectivity index (χ0n) is 15.3. The summed E-state index contributed by atoms with van der Waals surface area (Å²) in [5.41, 5.74) is 0.505. The molecule has 134 valence electrons. The number of ether oxygens (including phenoxy) is 1. The highest BCUT2D eigenvalue weighted by molar-refractivity contribution is 5.68. The van der Waals surface area contributed by atoms with Gasteiger partial charge in [-0.2, -0.15) is 0 Å². The molecule has 1 amide bonds. The van der Waals surface area contributed by atoms with Gasteiger partial charge in [-0.15, -0.1) is 0 Å². The van der Waals surface area contributed by atoms with Gasteiger partial charge in [0.25, 0.3) is 0 Å². The minimum absolute atomic E-state index is 0.206. The first-order valence-electron chi connectivity index (χ1n) is 8.50. The second-order valence-corrected chi connectivity index (χ2v) is 7.14. The molecule has 0 unspecified atom stereocenters. The van der Waals surface area contributed by atoms with E-state index in [1.54, 1.807) is 4.90 Å². The van der Waals surface area contributed by atoms with Gasteiger partial charge in [0.2, 0.25) is 0 Å². The Morgan fingerprint density at radius 2 is 2.12 bits per heavy atom. The SMILES string of the molecule is CNCc1nc(NC)cc([C@@H]2CCCN(C(=O)OC(C)(C)C)C2)n1. The third kappa shape index (κ3) is 5.06. The molecule has 7 heteroatoms. The third-order valence-corrected chi connectivity index (χ3v) is 3.87. The van der Waals surface area contributed by atoms with Crippen molar-refractivity contribution in [3.63, 3.8) is 0 Å². The van der Waals surface area contributed by atoms with Gasteiger partial charge in [-0.3, -0.25) is 0 Å². The van der Waals surface area contributed by atoms with Crippen molar-refractivity contribution in [2.75, 3.05) is 32.5 Å². The molecule has 0 aliphatic carbocycles. The van der Waals surface area contributed by atoms with Crippen molar-refractivity contribution >= 4 is 11.9 Å². The van der Waals surface area contributed by atoms with E-state index in [1.807, 2.05) is 40.9 Å². The largest absolute Gasteiger partial charge is 0.444 e. The van der Waals surface area contributed by atoms with Crippen molar-refractivity contribution in [2.45, 2.75) is 51.7 Å². The predicted octanol–water partition coefficient (Wildman–Crippen LogP) is 2.35. The van der Waals surface area contributed by atoms with Crippen LogP contribution >= 0.6 is 0 Å². The maximum Gasteiger partial charge on any atom is 0.410 e. The minimum atomic E-state index is -0.474. The molecule has 0 spiro atoms. The van der Waals surface area contributed by atoms with Crippen molar-refractivity contribution < 1.29 is 9.53 Å². The number of nitrogens with one attached hydrogen (secondary N) is 2. The lowest BCUT2D eigenvalue weighted by Gasteiger charge is -2.34. The Morgan fingerprint density at radius 1 is 1.38 bits per heavy atom. The van der Waals surface area contributed by atoms with Crippen LogP contribution in [0.3, 0.4) is 0 Å². The van der Waals surface area contributed by atoms with E-state index >= 15 is 0 Å². The maximum atomic E-state index is 12.3. The molecular formula is C17H29N5O2. The molecule has 1 atom stereocenters. The second kappa shape index (κ2) is 7.79. The number of piperidine rings is 1. The van der Waals surface area contributed by atoms with Crippen LogP contribution in [0, 0.1) is 0 Å². The first kappa shape index (κ1) is 18.4. The lowest BCUT2D eigenvalue weighted by molar-refractivity contribution is 0.0197. The molecule has 1 aliphatic rings. The van der Waals surface area contributed by atoms with Crippen LogP contribution in [0.15, 0.2) is 6.07 Å². The molecule has 1 aliphatic heterocycles. The van der Waals surface area contributed by atoms with Crippen molar-refractivity contribution in [3.8, 4) is 0 Å². The lowest BCUT2D eigenvalue weighted by atomic mass is 9.94. The molecule has 1 fully saturated rings. The molecule has 1 saturated heterocycles. The second-order valence-electron chi connectivity index (χ2n) is 7.14. The van der Waals surface area contributed by atoms with Crippen LogP contribution in [0.4, 0.5) is 10.6 Å². The number of hydrogen-bond acceptors (Lipinski definition) is 6. The van der Waals surface area contributed by atoms with Gasteiger partial charge >= 0.3 is 6.09 Å². The fraction of sp³-hybridized carbons (Fsp3) is 0.706. The van der Waals surface area contributed by atoms with Crippen LogP contribution < -0.4 is 10.6 Å². The molecule has 2 rings (SSSR count). The average molecular weight is 335 g/mol. The Balaban J connectivity index is 2.14. The van der Waals surface area contributed by atoms with E-state index in [0.29, 0.717) is 13.1 Å². The highest BCUT2D eigenvalue weighted by atomic mass is 16.6. The smallest absolute Gasteiger partial charge is 0.410 e. The summed E-state index contributed by atoms with van der Waals surface area (Å²) in [5.74, 6) is 1.77. The van der Waals surface area contributed by atoms with E-state index in [1.165, 1.54) is 0 Å². The van der Waals surface area contributed by atoms with Crippen molar-refractivity contribution in [2.24, 2.45) is 0 Å². The summed E-state index contributed by atoms with van der Waals surface area (Å²) in [4.78, 5) is 23.2. The Labute approximate surface area is 144 Å². The van der Waals surface area contributed by atoms with E-state index in [0.717, 1.165) is 36.7 Å². The summed E-state index contributed by atoms with van der Waals surface area (Å²) >= 11 is 0. The normalized spacial score (nSPS) is 18.4. The van der Waals surface area contributed by atoms with E-state index < -0.39 is 5.60 Å². The zero-order chi connectivity index (χ0) is 17.7. The van der Waals surface area contributed by atoms with E-state index in [-0.39, 0.29) is 12.0 Å². The summed E-state index contributed by atoms with van der Waals surface area (Å²) in [6.07, 6.45) is 1.72. The van der Waals surface area contributed by atoms with Gasteiger partial charge in [0.1, 0.15) is 17.2 Å². The summed E-state index contributed by atoms with van der Waals surface area (Å²) < 4.78 is 5.50. The molecule has 0 bridgehead atoms. The third-order valence-electron chi connectivity index (χ3n) is 3.87. The van der Waals surface area contributed by atoms with E-state index in [9.17, 15) is 4.79 Å². The van der Waals surface area contributed by atoms with Gasteiger partial charge < -0.3 is 20.3 Å². The van der Waals surface area contributed by atoms with Crippen molar-refractivity contribution in [1.29, 1.82) is 0 Å². The van der Waals surface area contributed by atoms with Gasteiger partial charge in [-0.25, -0.2) is 14.8 Å². The first-order valence-corrected chi connectivity index (χ1v) is 8.50. The molecule has 0 aromatic carbocycles. The van der Waals surface area contributed by atoms with E-state index in [2.05, 4.69) is 20.6 Å². The summed E-state index contributed by atoms with van der Waals surface area (Å²) in [6.45, 7) is 7.65. The Bertz CT molecular complexity index is 571. The zero-order valence-corrected chi connectivity index (χ0v) is 15.3. The van der Waals surface area contributed by atoms with Gasteiger partial charge in [0, 0.05) is 32.1 Å². The summed E-state index contributed by atoms with van der Waals surface area (Å²) in [7, 11) is 3.73. The molecule has 7 nitrogen and oxygen atoms in total. The van der Waals surface area contributed by atoms with Crippen molar-refractivity contribution in [1.82, 2.24) is 20.2 Å². The first-order chi connectivity index (χ1) is 11.3. The number of hydrogen-bond donors (Lipinski definition) is 2. The van der Waals surface area contributed by atoms with Crippen LogP contribution in [-0.2, 0) is 11.3 Å². The van der Waals surface area contributed by atoms with E-state index in [4.69, 9.17) is 4.74 Å². The summed E-state index contributed by atoms with van der Waals surface area (Å²) in [5, 5.41) is 6.17. The molecule has 2 heterocycles. The average Bonchev–Trinajstić information content (AvgIpc) is 2.53. The Morgan fingerprint density at radius 3 is 2.75 bits per heavy atom. The number of likely N-dealkylation sites (tertiary alicyclic amines) is 1. The monoisotopic (exact) mass is 335 g/mol. The number of carbonyl (C=O) groups excluding carboxylic acids is 1. The lowest BCUT2D eigenvalue weighted by Crippen LogP contribution is -2.42. The Kier molecular flexibility index (Phi) is 5.99. The quantitative estimate of drug-likeness (QED) is 0.879. The van der Waals surface area contributed by atoms with Crippen LogP contribution in [0.2, 0.25) is 0 Å². The highest BCUT2D eigenvalue weighted by Gasteiger charge is 2.29. The molecule has 0 saturated carbocycles.